The minimum absolute atomic E-state index is 0.0648. The van der Waals surface area contributed by atoms with Crippen LogP contribution < -0.4 is 4.90 Å². The third-order valence-electron chi connectivity index (χ3n) is 1.78. The van der Waals surface area contributed by atoms with E-state index < -0.39 is 17.9 Å². The molecule has 0 aliphatic carbocycles. The van der Waals surface area contributed by atoms with Crippen LogP contribution in [0.4, 0.5) is 19.4 Å². The molecule has 4 nitrogen and oxygen atoms in total. The number of hydrogen-bond acceptors (Lipinski definition) is 3. The van der Waals surface area contributed by atoms with Crippen LogP contribution in [0, 0.1) is 11.8 Å². The van der Waals surface area contributed by atoms with Crippen LogP contribution >= 0.6 is 0 Å². The van der Waals surface area contributed by atoms with Gasteiger partial charge in [-0.2, -0.15) is 4.39 Å². The standard InChI is InChI=1S/C8H6F2N2O2/c9-5-3-6(10)11-7(4-5)12-1-2-14-8(12)13/h3-4H,1-2H2. The van der Waals surface area contributed by atoms with Gasteiger partial charge in [-0.3, -0.25) is 4.90 Å². The minimum atomic E-state index is -0.959. The Labute approximate surface area is 78.1 Å². The summed E-state index contributed by atoms with van der Waals surface area (Å²) >= 11 is 0. The van der Waals surface area contributed by atoms with E-state index in [0.29, 0.717) is 6.07 Å². The number of anilines is 1. The molecule has 0 saturated carbocycles. The number of hydrogen-bond donors (Lipinski definition) is 0. The molecule has 6 heteroatoms. The molecule has 14 heavy (non-hydrogen) atoms. The summed E-state index contributed by atoms with van der Waals surface area (Å²) in [4.78, 5) is 15.5. The maximum absolute atomic E-state index is 12.7. The Morgan fingerprint density at radius 2 is 2.21 bits per heavy atom. The zero-order valence-corrected chi connectivity index (χ0v) is 7.04. The summed E-state index contributed by atoms with van der Waals surface area (Å²) in [6, 6.07) is 1.63. The Bertz CT molecular complexity index is 363. The second-order valence-corrected chi connectivity index (χ2v) is 2.73. The molecular weight excluding hydrogens is 194 g/mol. The molecule has 74 valence electrons. The largest absolute Gasteiger partial charge is 0.447 e. The van der Waals surface area contributed by atoms with Crippen molar-refractivity contribution in [3.05, 3.63) is 23.9 Å². The lowest BCUT2D eigenvalue weighted by atomic mass is 10.4. The summed E-state index contributed by atoms with van der Waals surface area (Å²) in [5, 5.41) is 0. The van der Waals surface area contributed by atoms with Crippen molar-refractivity contribution in [2.75, 3.05) is 18.1 Å². The van der Waals surface area contributed by atoms with E-state index in [1.807, 2.05) is 0 Å². The van der Waals surface area contributed by atoms with Gasteiger partial charge >= 0.3 is 6.09 Å². The van der Waals surface area contributed by atoms with Gasteiger partial charge in [0.15, 0.2) is 0 Å². The number of carbonyl (C=O) groups is 1. The number of halogens is 2. The molecule has 0 radical (unpaired) electrons. The molecule has 1 amide bonds. The number of ether oxygens (including phenoxy) is 1. The monoisotopic (exact) mass is 200 g/mol. The second kappa shape index (κ2) is 3.21. The Morgan fingerprint density at radius 3 is 2.79 bits per heavy atom. The molecule has 2 rings (SSSR count). The molecule has 0 unspecified atom stereocenters. The molecular formula is C8H6F2N2O2. The molecule has 0 N–H and O–H groups in total. The van der Waals surface area contributed by atoms with Crippen molar-refractivity contribution < 1.29 is 18.3 Å². The Hall–Kier alpha value is -1.72. The van der Waals surface area contributed by atoms with Crippen molar-refractivity contribution in [2.24, 2.45) is 0 Å². The second-order valence-electron chi connectivity index (χ2n) is 2.73. The smallest absolute Gasteiger partial charge is 0.415 e. The molecule has 0 atom stereocenters. The number of rotatable bonds is 1. The SMILES string of the molecule is O=C1OCCN1c1cc(F)cc(F)n1. The number of carbonyl (C=O) groups excluding carboxylic acids is 1. The van der Waals surface area contributed by atoms with Gasteiger partial charge in [-0.1, -0.05) is 0 Å². The Balaban J connectivity index is 2.35. The maximum Gasteiger partial charge on any atom is 0.415 e. The molecule has 1 aromatic heterocycles. The van der Waals surface area contributed by atoms with Crippen LogP contribution in [0.2, 0.25) is 0 Å². The third kappa shape index (κ3) is 1.50. The molecule has 2 heterocycles. The molecule has 1 aliphatic rings. The first-order valence-electron chi connectivity index (χ1n) is 3.94. The molecule has 1 aliphatic heterocycles. The lowest BCUT2D eigenvalue weighted by Gasteiger charge is -2.10. The normalized spacial score (nSPS) is 15.9. The van der Waals surface area contributed by atoms with Crippen molar-refractivity contribution in [1.82, 2.24) is 4.98 Å². The lowest BCUT2D eigenvalue weighted by molar-refractivity contribution is 0.181. The molecule has 0 spiro atoms. The number of cyclic esters (lactones) is 1. The van der Waals surface area contributed by atoms with Gasteiger partial charge < -0.3 is 4.74 Å². The van der Waals surface area contributed by atoms with Gasteiger partial charge in [0.05, 0.1) is 6.54 Å². The Morgan fingerprint density at radius 1 is 1.43 bits per heavy atom. The van der Waals surface area contributed by atoms with Crippen molar-refractivity contribution in [1.29, 1.82) is 0 Å². The lowest BCUT2D eigenvalue weighted by Crippen LogP contribution is -2.24. The first-order chi connectivity index (χ1) is 6.66. The Kier molecular flexibility index (Phi) is 2.03. The van der Waals surface area contributed by atoms with Crippen LogP contribution in [-0.2, 0) is 4.74 Å². The fourth-order valence-corrected chi connectivity index (χ4v) is 1.19. The van der Waals surface area contributed by atoms with Crippen LogP contribution in [0.3, 0.4) is 0 Å². The van der Waals surface area contributed by atoms with Gasteiger partial charge in [0.2, 0.25) is 5.95 Å². The predicted molar refractivity (Wildman–Crippen MR) is 42.8 cm³/mol. The maximum atomic E-state index is 12.7. The first kappa shape index (κ1) is 8.86. The van der Waals surface area contributed by atoms with E-state index >= 15 is 0 Å². The summed E-state index contributed by atoms with van der Waals surface area (Å²) in [5.41, 5.74) is 0. The topological polar surface area (TPSA) is 42.4 Å². The summed E-state index contributed by atoms with van der Waals surface area (Å²) in [6.07, 6.45) is -0.637. The average Bonchev–Trinajstić information content (AvgIpc) is 2.49. The molecule has 0 aromatic carbocycles. The van der Waals surface area contributed by atoms with Crippen molar-refractivity contribution >= 4 is 11.9 Å². The van der Waals surface area contributed by atoms with Gasteiger partial charge in [-0.15, -0.1) is 0 Å². The zero-order valence-electron chi connectivity index (χ0n) is 7.04. The third-order valence-corrected chi connectivity index (χ3v) is 1.78. The number of nitrogens with zero attached hydrogens (tertiary/aromatic N) is 2. The van der Waals surface area contributed by atoms with Crippen LogP contribution in [-0.4, -0.2) is 24.2 Å². The fraction of sp³-hybridized carbons (Fsp3) is 0.250. The zero-order chi connectivity index (χ0) is 10.1. The van der Waals surface area contributed by atoms with Gasteiger partial charge in [0, 0.05) is 12.1 Å². The summed E-state index contributed by atoms with van der Waals surface area (Å²) in [6.45, 7) is 0.466. The molecule has 1 aromatic rings. The molecule has 0 bridgehead atoms. The van der Waals surface area contributed by atoms with E-state index in [4.69, 9.17) is 0 Å². The average molecular weight is 200 g/mol. The van der Waals surface area contributed by atoms with Crippen LogP contribution in [0.15, 0.2) is 12.1 Å². The van der Waals surface area contributed by atoms with E-state index in [9.17, 15) is 13.6 Å². The van der Waals surface area contributed by atoms with Crippen LogP contribution in [0.1, 0.15) is 0 Å². The summed E-state index contributed by atoms with van der Waals surface area (Å²) in [7, 11) is 0. The van der Waals surface area contributed by atoms with Gasteiger partial charge in [0.1, 0.15) is 18.2 Å². The predicted octanol–water partition coefficient (Wildman–Crippen LogP) is 1.32. The number of amides is 1. The quantitative estimate of drug-likeness (QED) is 0.642. The van der Waals surface area contributed by atoms with Crippen LogP contribution in [0.25, 0.3) is 0 Å². The molecule has 1 fully saturated rings. The summed E-state index contributed by atoms with van der Waals surface area (Å²) < 4.78 is 30.0. The van der Waals surface area contributed by atoms with Crippen molar-refractivity contribution in [2.45, 2.75) is 0 Å². The molecule has 1 saturated heterocycles. The highest BCUT2D eigenvalue weighted by Crippen LogP contribution is 2.17. The minimum Gasteiger partial charge on any atom is -0.447 e. The van der Waals surface area contributed by atoms with E-state index in [-0.39, 0.29) is 19.0 Å². The van der Waals surface area contributed by atoms with E-state index in [1.165, 1.54) is 0 Å². The highest BCUT2D eigenvalue weighted by atomic mass is 19.1. The van der Waals surface area contributed by atoms with Gasteiger partial charge in [-0.25, -0.2) is 14.2 Å². The van der Waals surface area contributed by atoms with E-state index in [2.05, 4.69) is 9.72 Å². The highest BCUT2D eigenvalue weighted by molar-refractivity contribution is 5.87. The summed E-state index contributed by atoms with van der Waals surface area (Å²) in [5.74, 6) is -1.79. The van der Waals surface area contributed by atoms with E-state index in [0.717, 1.165) is 11.0 Å². The van der Waals surface area contributed by atoms with Gasteiger partial charge in [0.25, 0.3) is 0 Å². The van der Waals surface area contributed by atoms with Crippen molar-refractivity contribution in [3.63, 3.8) is 0 Å². The fourth-order valence-electron chi connectivity index (χ4n) is 1.19. The van der Waals surface area contributed by atoms with E-state index in [1.54, 1.807) is 0 Å². The first-order valence-corrected chi connectivity index (χ1v) is 3.94. The number of aromatic nitrogens is 1. The van der Waals surface area contributed by atoms with Gasteiger partial charge in [-0.05, 0) is 0 Å². The number of pyridine rings is 1. The van der Waals surface area contributed by atoms with Crippen molar-refractivity contribution in [3.8, 4) is 0 Å². The highest BCUT2D eigenvalue weighted by Gasteiger charge is 2.25. The van der Waals surface area contributed by atoms with Crippen LogP contribution in [0.5, 0.6) is 0 Å².